The van der Waals surface area contributed by atoms with E-state index in [1.54, 1.807) is 31.2 Å². The zero-order valence-corrected chi connectivity index (χ0v) is 12.5. The second-order valence-corrected chi connectivity index (χ2v) is 6.81. The van der Waals surface area contributed by atoms with Gasteiger partial charge in [0.25, 0.3) is 10.0 Å². The first-order valence-corrected chi connectivity index (χ1v) is 8.32. The molecule has 0 saturated carbocycles. The summed E-state index contributed by atoms with van der Waals surface area (Å²) in [6.45, 7) is 2.48. The van der Waals surface area contributed by atoms with Crippen LogP contribution in [-0.4, -0.2) is 32.5 Å². The van der Waals surface area contributed by atoms with Gasteiger partial charge in [0, 0.05) is 6.61 Å². The number of fused-ring (bicyclic) bond motifs is 1. The molecule has 0 unspecified atom stereocenters. The lowest BCUT2D eigenvalue weighted by Gasteiger charge is -2.04. The van der Waals surface area contributed by atoms with Crippen molar-refractivity contribution in [2.75, 3.05) is 13.2 Å². The largest absolute Gasteiger partial charge is 0.381 e. The molecule has 0 atom stereocenters. The first-order valence-electron chi connectivity index (χ1n) is 6.02. The number of hydrogen-bond donors (Lipinski definition) is 1. The SMILES string of the molecule is CCOCCC(=O)NS(=O)(=O)c1nc2ccccc2s1. The molecular formula is C12H14N2O4S2. The van der Waals surface area contributed by atoms with Crippen molar-refractivity contribution in [3.05, 3.63) is 24.3 Å². The van der Waals surface area contributed by atoms with Crippen molar-refractivity contribution >= 4 is 37.5 Å². The smallest absolute Gasteiger partial charge is 0.291 e. The van der Waals surface area contributed by atoms with Crippen LogP contribution in [0, 0.1) is 0 Å². The van der Waals surface area contributed by atoms with E-state index in [2.05, 4.69) is 4.98 Å². The zero-order chi connectivity index (χ0) is 14.6. The average Bonchev–Trinajstić information content (AvgIpc) is 2.83. The second-order valence-electron chi connectivity index (χ2n) is 3.92. The number of carbonyl (C=O) groups is 1. The number of hydrogen-bond acceptors (Lipinski definition) is 6. The number of rotatable bonds is 6. The standard InChI is InChI=1S/C12H14N2O4S2/c1-2-18-8-7-11(15)14-20(16,17)12-13-9-5-3-4-6-10(9)19-12/h3-6H,2,7-8H2,1H3,(H,14,15). The third-order valence-electron chi connectivity index (χ3n) is 2.43. The highest BCUT2D eigenvalue weighted by Gasteiger charge is 2.21. The summed E-state index contributed by atoms with van der Waals surface area (Å²) in [5, 5.41) is 0. The van der Waals surface area contributed by atoms with E-state index < -0.39 is 15.9 Å². The first kappa shape index (κ1) is 14.9. The van der Waals surface area contributed by atoms with Crippen LogP contribution < -0.4 is 4.72 Å². The van der Waals surface area contributed by atoms with Crippen LogP contribution in [0.4, 0.5) is 0 Å². The topological polar surface area (TPSA) is 85.4 Å². The third-order valence-corrected chi connectivity index (χ3v) is 5.22. The van der Waals surface area contributed by atoms with Gasteiger partial charge < -0.3 is 4.74 Å². The lowest BCUT2D eigenvalue weighted by molar-refractivity contribution is -0.120. The number of carbonyl (C=O) groups excluding carboxylic acids is 1. The number of benzene rings is 1. The van der Waals surface area contributed by atoms with E-state index in [0.29, 0.717) is 12.1 Å². The summed E-state index contributed by atoms with van der Waals surface area (Å²) in [4.78, 5) is 15.5. The summed E-state index contributed by atoms with van der Waals surface area (Å²) in [5.41, 5.74) is 0.597. The number of aromatic nitrogens is 1. The molecule has 108 valence electrons. The Balaban J connectivity index is 2.11. The molecule has 2 rings (SSSR count). The summed E-state index contributed by atoms with van der Waals surface area (Å²) in [6, 6.07) is 7.08. The number of nitrogens with one attached hydrogen (secondary N) is 1. The molecule has 0 spiro atoms. The van der Waals surface area contributed by atoms with Gasteiger partial charge >= 0.3 is 0 Å². The van der Waals surface area contributed by atoms with Crippen molar-refractivity contribution in [2.24, 2.45) is 0 Å². The van der Waals surface area contributed by atoms with Crippen LogP contribution in [0.3, 0.4) is 0 Å². The monoisotopic (exact) mass is 314 g/mol. The third kappa shape index (κ3) is 3.53. The second kappa shape index (κ2) is 6.29. The first-order chi connectivity index (χ1) is 9.53. The number of amides is 1. The van der Waals surface area contributed by atoms with Crippen LogP contribution in [0.1, 0.15) is 13.3 Å². The van der Waals surface area contributed by atoms with Gasteiger partial charge in [-0.2, -0.15) is 8.42 Å². The zero-order valence-electron chi connectivity index (χ0n) is 10.8. The van der Waals surface area contributed by atoms with Gasteiger partial charge in [0.15, 0.2) is 0 Å². The van der Waals surface area contributed by atoms with Crippen LogP contribution in [-0.2, 0) is 19.6 Å². The highest BCUT2D eigenvalue weighted by Crippen LogP contribution is 2.24. The summed E-state index contributed by atoms with van der Waals surface area (Å²) in [5.74, 6) is -0.599. The van der Waals surface area contributed by atoms with E-state index in [9.17, 15) is 13.2 Å². The Morgan fingerprint density at radius 2 is 2.15 bits per heavy atom. The predicted molar refractivity (Wildman–Crippen MR) is 76.1 cm³/mol. The Labute approximate surface area is 120 Å². The molecule has 1 amide bonds. The molecular weight excluding hydrogens is 300 g/mol. The summed E-state index contributed by atoms with van der Waals surface area (Å²) in [7, 11) is -3.91. The van der Waals surface area contributed by atoms with Crippen LogP contribution in [0.2, 0.25) is 0 Å². The number of ether oxygens (including phenoxy) is 1. The van der Waals surface area contributed by atoms with Crippen molar-refractivity contribution in [3.8, 4) is 0 Å². The molecule has 1 aromatic carbocycles. The normalized spacial score (nSPS) is 11.7. The van der Waals surface area contributed by atoms with Crippen molar-refractivity contribution in [1.29, 1.82) is 0 Å². The highest BCUT2D eigenvalue weighted by molar-refractivity contribution is 7.92. The molecule has 2 aromatic rings. The van der Waals surface area contributed by atoms with Gasteiger partial charge in [-0.1, -0.05) is 12.1 Å². The number of thiazole rings is 1. The number of sulfonamides is 1. The van der Waals surface area contributed by atoms with Gasteiger partial charge in [0.1, 0.15) is 0 Å². The maximum Gasteiger partial charge on any atom is 0.291 e. The van der Waals surface area contributed by atoms with E-state index in [4.69, 9.17) is 4.74 Å². The minimum atomic E-state index is -3.91. The number of nitrogens with zero attached hydrogens (tertiary/aromatic N) is 1. The quantitative estimate of drug-likeness (QED) is 0.817. The van der Waals surface area contributed by atoms with Gasteiger partial charge in [-0.05, 0) is 19.1 Å². The van der Waals surface area contributed by atoms with Crippen LogP contribution in [0.25, 0.3) is 10.2 Å². The molecule has 0 radical (unpaired) electrons. The van der Waals surface area contributed by atoms with E-state index in [1.165, 1.54) is 0 Å². The van der Waals surface area contributed by atoms with Crippen LogP contribution in [0.5, 0.6) is 0 Å². The van der Waals surface area contributed by atoms with E-state index in [0.717, 1.165) is 16.0 Å². The molecule has 1 N–H and O–H groups in total. The van der Waals surface area contributed by atoms with E-state index in [1.807, 2.05) is 4.72 Å². The number of para-hydroxylation sites is 1. The molecule has 0 aliphatic heterocycles. The van der Waals surface area contributed by atoms with Crippen molar-refractivity contribution in [2.45, 2.75) is 17.7 Å². The molecule has 6 nitrogen and oxygen atoms in total. The highest BCUT2D eigenvalue weighted by atomic mass is 32.2. The Morgan fingerprint density at radius 1 is 1.40 bits per heavy atom. The predicted octanol–water partition coefficient (Wildman–Crippen LogP) is 1.53. The molecule has 0 aliphatic carbocycles. The van der Waals surface area contributed by atoms with Crippen LogP contribution in [0.15, 0.2) is 28.6 Å². The maximum atomic E-state index is 12.0. The van der Waals surface area contributed by atoms with Gasteiger partial charge in [0.2, 0.25) is 10.2 Å². The molecule has 0 bridgehead atoms. The lowest BCUT2D eigenvalue weighted by Crippen LogP contribution is -2.31. The van der Waals surface area contributed by atoms with Gasteiger partial charge in [-0.3, -0.25) is 4.79 Å². The van der Waals surface area contributed by atoms with Gasteiger partial charge in [-0.15, -0.1) is 11.3 Å². The van der Waals surface area contributed by atoms with Gasteiger partial charge in [-0.25, -0.2) is 9.71 Å². The Morgan fingerprint density at radius 3 is 2.85 bits per heavy atom. The fourth-order valence-electron chi connectivity index (χ4n) is 1.52. The Bertz CT molecular complexity index is 676. The summed E-state index contributed by atoms with van der Waals surface area (Å²) >= 11 is 1.03. The summed E-state index contributed by atoms with van der Waals surface area (Å²) in [6.07, 6.45) is -0.00202. The molecule has 8 heteroatoms. The summed E-state index contributed by atoms with van der Waals surface area (Å²) < 4.78 is 31.7. The minimum Gasteiger partial charge on any atom is -0.381 e. The molecule has 1 heterocycles. The molecule has 1 aromatic heterocycles. The van der Waals surface area contributed by atoms with Crippen molar-refractivity contribution in [3.63, 3.8) is 0 Å². The van der Waals surface area contributed by atoms with E-state index >= 15 is 0 Å². The molecule has 0 saturated heterocycles. The fourth-order valence-corrected chi connectivity index (χ4v) is 3.76. The Kier molecular flexibility index (Phi) is 4.69. The minimum absolute atomic E-state index is 0.00202. The molecule has 0 aliphatic rings. The fraction of sp³-hybridized carbons (Fsp3) is 0.333. The van der Waals surface area contributed by atoms with Crippen molar-refractivity contribution in [1.82, 2.24) is 9.71 Å². The van der Waals surface area contributed by atoms with Gasteiger partial charge in [0.05, 0.1) is 23.2 Å². The van der Waals surface area contributed by atoms with Crippen LogP contribution >= 0.6 is 11.3 Å². The van der Waals surface area contributed by atoms with Crippen molar-refractivity contribution < 1.29 is 17.9 Å². The molecule has 0 fully saturated rings. The average molecular weight is 314 g/mol. The lowest BCUT2D eigenvalue weighted by atomic mass is 10.3. The molecule has 20 heavy (non-hydrogen) atoms. The Hall–Kier alpha value is -1.51. The van der Waals surface area contributed by atoms with E-state index in [-0.39, 0.29) is 17.4 Å². The maximum absolute atomic E-state index is 12.0.